The second kappa shape index (κ2) is 13.5. The number of alkyl halides is 6. The number of carbonyl (C=O) groups is 1. The lowest BCUT2D eigenvalue weighted by molar-refractivity contribution is -0.143. The molecule has 13 heteroatoms. The fourth-order valence-electron chi connectivity index (χ4n) is 3.87. The van der Waals surface area contributed by atoms with Crippen LogP contribution in [0.25, 0.3) is 0 Å². The van der Waals surface area contributed by atoms with Gasteiger partial charge in [-0.3, -0.25) is 0 Å². The summed E-state index contributed by atoms with van der Waals surface area (Å²) in [6, 6.07) is 11.6. The van der Waals surface area contributed by atoms with Gasteiger partial charge in [-0.2, -0.15) is 26.3 Å². The van der Waals surface area contributed by atoms with Crippen molar-refractivity contribution >= 4 is 34.9 Å². The van der Waals surface area contributed by atoms with Crippen LogP contribution in [0.5, 0.6) is 5.75 Å². The summed E-state index contributed by atoms with van der Waals surface area (Å²) in [5, 5.41) is 17.8. The summed E-state index contributed by atoms with van der Waals surface area (Å²) in [5.74, 6) is -0.138. The number of benzene rings is 3. The summed E-state index contributed by atoms with van der Waals surface area (Å²) < 4.78 is 78.8. The van der Waals surface area contributed by atoms with Crippen LogP contribution in [0, 0.1) is 0 Å². The fourth-order valence-corrected chi connectivity index (χ4v) is 4.17. The molecule has 3 rings (SSSR count). The van der Waals surface area contributed by atoms with Crippen molar-refractivity contribution in [1.82, 2.24) is 10.6 Å². The lowest BCUT2D eigenvalue weighted by Crippen LogP contribution is -2.33. The zero-order valence-corrected chi connectivity index (χ0v) is 22.3. The largest absolute Gasteiger partial charge is 0.508 e. The first-order chi connectivity index (χ1) is 18.7. The van der Waals surface area contributed by atoms with Crippen LogP contribution >= 0.6 is 23.2 Å². The number of phenols is 1. The smallest absolute Gasteiger partial charge is 0.416 e. The van der Waals surface area contributed by atoms with E-state index in [0.29, 0.717) is 43.1 Å². The molecule has 0 aromatic heterocycles. The minimum absolute atomic E-state index is 0.00846. The lowest BCUT2D eigenvalue weighted by Gasteiger charge is -2.20. The summed E-state index contributed by atoms with van der Waals surface area (Å²) in [4.78, 5) is 12.5. The SMILES string of the molecule is O=C(NCC(CCNCCc1ccc(O)cc1)c1ccc(Cl)c(Cl)c1)Nc1cc(C(F)(F)F)cc(C(F)(F)F)c1. The molecule has 3 aromatic rings. The highest BCUT2D eigenvalue weighted by molar-refractivity contribution is 6.42. The van der Waals surface area contributed by atoms with E-state index in [-0.39, 0.29) is 29.3 Å². The minimum Gasteiger partial charge on any atom is -0.508 e. The van der Waals surface area contributed by atoms with Gasteiger partial charge in [0.25, 0.3) is 0 Å². The Labute approximate surface area is 236 Å². The van der Waals surface area contributed by atoms with E-state index in [1.807, 2.05) is 0 Å². The van der Waals surface area contributed by atoms with Gasteiger partial charge in [-0.25, -0.2) is 4.79 Å². The van der Waals surface area contributed by atoms with Crippen LogP contribution in [0.3, 0.4) is 0 Å². The van der Waals surface area contributed by atoms with Gasteiger partial charge in [0.1, 0.15) is 5.75 Å². The Hall–Kier alpha value is -3.15. The maximum atomic E-state index is 13.1. The first kappa shape index (κ1) is 31.4. The van der Waals surface area contributed by atoms with E-state index in [1.54, 1.807) is 42.5 Å². The Morgan fingerprint density at radius 1 is 0.825 bits per heavy atom. The molecule has 216 valence electrons. The van der Waals surface area contributed by atoms with Gasteiger partial charge >= 0.3 is 18.4 Å². The monoisotopic (exact) mass is 607 g/mol. The second-order valence-corrected chi connectivity index (χ2v) is 9.77. The van der Waals surface area contributed by atoms with Gasteiger partial charge in [-0.1, -0.05) is 41.4 Å². The van der Waals surface area contributed by atoms with Crippen LogP contribution in [0.1, 0.15) is 34.6 Å². The third kappa shape index (κ3) is 9.50. The molecule has 0 aliphatic carbocycles. The van der Waals surface area contributed by atoms with Crippen molar-refractivity contribution in [3.8, 4) is 5.75 Å². The Morgan fingerprint density at radius 3 is 2.02 bits per heavy atom. The molecular weight excluding hydrogens is 583 g/mol. The zero-order valence-electron chi connectivity index (χ0n) is 20.8. The molecule has 40 heavy (non-hydrogen) atoms. The van der Waals surface area contributed by atoms with Gasteiger partial charge in [0.2, 0.25) is 0 Å². The summed E-state index contributed by atoms with van der Waals surface area (Å²) in [6.07, 6.45) is -8.87. The Morgan fingerprint density at radius 2 is 1.45 bits per heavy atom. The van der Waals surface area contributed by atoms with Crippen molar-refractivity contribution in [2.24, 2.45) is 0 Å². The molecule has 0 saturated carbocycles. The third-order valence-electron chi connectivity index (χ3n) is 5.97. The van der Waals surface area contributed by atoms with Gasteiger partial charge in [0, 0.05) is 18.2 Å². The molecule has 5 nitrogen and oxygen atoms in total. The number of halogens is 8. The van der Waals surface area contributed by atoms with Gasteiger partial charge in [-0.05, 0) is 79.5 Å². The normalized spacial score (nSPS) is 12.7. The van der Waals surface area contributed by atoms with Crippen molar-refractivity contribution in [3.05, 3.63) is 93.0 Å². The van der Waals surface area contributed by atoms with Crippen LogP contribution in [-0.2, 0) is 18.8 Å². The minimum atomic E-state index is -5.04. The molecule has 3 aromatic carbocycles. The lowest BCUT2D eigenvalue weighted by atomic mass is 9.95. The van der Waals surface area contributed by atoms with Crippen molar-refractivity contribution < 1.29 is 36.2 Å². The van der Waals surface area contributed by atoms with E-state index in [0.717, 1.165) is 11.1 Å². The van der Waals surface area contributed by atoms with E-state index >= 15 is 0 Å². The van der Waals surface area contributed by atoms with E-state index in [2.05, 4.69) is 16.0 Å². The third-order valence-corrected chi connectivity index (χ3v) is 6.71. The number of phenolic OH excluding ortho intramolecular Hbond substituents is 1. The molecule has 0 spiro atoms. The maximum absolute atomic E-state index is 13.1. The van der Waals surface area contributed by atoms with Gasteiger partial charge in [0.05, 0.1) is 21.2 Å². The van der Waals surface area contributed by atoms with Gasteiger partial charge in [0.15, 0.2) is 0 Å². The number of carbonyl (C=O) groups excluding carboxylic acids is 1. The first-order valence-corrected chi connectivity index (χ1v) is 12.8. The predicted octanol–water partition coefficient (Wildman–Crippen LogP) is 7.86. The molecule has 0 fully saturated rings. The Balaban J connectivity index is 1.64. The van der Waals surface area contributed by atoms with Gasteiger partial charge < -0.3 is 21.1 Å². The summed E-state index contributed by atoms with van der Waals surface area (Å²) in [7, 11) is 0. The Kier molecular flexibility index (Phi) is 10.6. The average molecular weight is 608 g/mol. The molecule has 0 heterocycles. The number of hydrogen-bond donors (Lipinski definition) is 4. The van der Waals surface area contributed by atoms with Crippen molar-refractivity contribution in [1.29, 1.82) is 0 Å². The first-order valence-electron chi connectivity index (χ1n) is 12.0. The molecule has 0 aliphatic rings. The highest BCUT2D eigenvalue weighted by Gasteiger charge is 2.37. The topological polar surface area (TPSA) is 73.4 Å². The maximum Gasteiger partial charge on any atom is 0.416 e. The number of hydrogen-bond acceptors (Lipinski definition) is 3. The summed E-state index contributed by atoms with van der Waals surface area (Å²) in [5.41, 5.74) is -1.97. The summed E-state index contributed by atoms with van der Waals surface area (Å²) in [6.45, 7) is 1.16. The standard InChI is InChI=1S/C27H25Cl2F6N3O2/c28-23-6-3-17(11-24(23)29)18(8-10-36-9-7-16-1-4-22(39)5-2-16)15-37-25(40)38-21-13-19(26(30,31)32)12-20(14-21)27(33,34)35/h1-6,11-14,18,36,39H,7-10,15H2,(H2,37,38,40). The molecule has 0 saturated heterocycles. The predicted molar refractivity (Wildman–Crippen MR) is 142 cm³/mol. The molecular formula is C27H25Cl2F6N3O2. The number of rotatable bonds is 10. The number of urea groups is 1. The number of aromatic hydroxyl groups is 1. The molecule has 1 unspecified atom stereocenters. The quantitative estimate of drug-likeness (QED) is 0.140. The highest BCUT2D eigenvalue weighted by Crippen LogP contribution is 2.37. The van der Waals surface area contributed by atoms with E-state index in [1.165, 1.54) is 0 Å². The van der Waals surface area contributed by atoms with Crippen molar-refractivity contribution in [2.75, 3.05) is 25.0 Å². The summed E-state index contributed by atoms with van der Waals surface area (Å²) >= 11 is 12.2. The highest BCUT2D eigenvalue weighted by atomic mass is 35.5. The molecule has 0 aliphatic heterocycles. The van der Waals surface area contributed by atoms with E-state index < -0.39 is 35.2 Å². The van der Waals surface area contributed by atoms with E-state index in [4.69, 9.17) is 23.2 Å². The number of nitrogens with one attached hydrogen (secondary N) is 3. The van der Waals surface area contributed by atoms with Crippen molar-refractivity contribution in [3.63, 3.8) is 0 Å². The molecule has 1 atom stereocenters. The molecule has 0 radical (unpaired) electrons. The second-order valence-electron chi connectivity index (χ2n) is 8.96. The number of amides is 2. The van der Waals surface area contributed by atoms with E-state index in [9.17, 15) is 36.2 Å². The number of anilines is 1. The van der Waals surface area contributed by atoms with Crippen LogP contribution in [0.4, 0.5) is 36.8 Å². The van der Waals surface area contributed by atoms with Gasteiger partial charge in [-0.15, -0.1) is 0 Å². The van der Waals surface area contributed by atoms with Crippen molar-refractivity contribution in [2.45, 2.75) is 31.1 Å². The molecule has 0 bridgehead atoms. The molecule has 2 amide bonds. The molecule has 4 N–H and O–H groups in total. The van der Waals surface area contributed by atoms with Crippen LogP contribution in [0.2, 0.25) is 10.0 Å². The fraction of sp³-hybridized carbons (Fsp3) is 0.296. The van der Waals surface area contributed by atoms with Crippen LogP contribution in [-0.4, -0.2) is 30.8 Å². The zero-order chi connectivity index (χ0) is 29.5. The Bertz CT molecular complexity index is 1270. The van der Waals surface area contributed by atoms with Crippen LogP contribution in [0.15, 0.2) is 60.7 Å². The average Bonchev–Trinajstić information content (AvgIpc) is 2.87. The van der Waals surface area contributed by atoms with Crippen LogP contribution < -0.4 is 16.0 Å².